The predicted octanol–water partition coefficient (Wildman–Crippen LogP) is 5.57. The molecule has 1 spiro atoms. The molecule has 0 radical (unpaired) electrons. The Kier molecular flexibility index (Phi) is 2.76. The van der Waals surface area contributed by atoms with Crippen molar-refractivity contribution in [2.24, 2.45) is 5.41 Å². The molecule has 0 saturated heterocycles. The Bertz CT molecular complexity index is 858. The number of hydrogen-bond donors (Lipinski definition) is 0. The molecule has 2 bridgehead atoms. The maximum absolute atomic E-state index is 13.3. The fourth-order valence-electron chi connectivity index (χ4n) is 4.94. The quantitative estimate of drug-likeness (QED) is 0.671. The monoisotopic (exact) mass is 350 g/mol. The van der Waals surface area contributed by atoms with Crippen molar-refractivity contribution in [3.05, 3.63) is 46.1 Å². The Hall–Kier alpha value is -1.62. The minimum Gasteiger partial charge on any atom is -0.166 e. The Morgan fingerprint density at radius 2 is 1.79 bits per heavy atom. The van der Waals surface area contributed by atoms with E-state index >= 15 is 0 Å². The van der Waals surface area contributed by atoms with E-state index in [1.54, 1.807) is 0 Å². The first kappa shape index (κ1) is 14.7. The maximum Gasteiger partial charge on any atom is 0.417 e. The molecule has 0 aliphatic heterocycles. The first-order valence-corrected chi connectivity index (χ1v) is 8.52. The molecule has 2 aromatic rings. The van der Waals surface area contributed by atoms with Crippen molar-refractivity contribution in [1.29, 1.82) is 0 Å². The Balaban J connectivity index is 1.66. The third kappa shape index (κ3) is 1.85. The largest absolute Gasteiger partial charge is 0.417 e. The third-order valence-corrected chi connectivity index (χ3v) is 6.32. The Morgan fingerprint density at radius 3 is 2.50 bits per heavy atom. The van der Waals surface area contributed by atoms with Gasteiger partial charge in [0.15, 0.2) is 0 Å². The van der Waals surface area contributed by atoms with E-state index in [0.717, 1.165) is 30.2 Å². The van der Waals surface area contributed by atoms with E-state index in [4.69, 9.17) is 11.6 Å². The molecule has 2 nitrogen and oxygen atoms in total. The summed E-state index contributed by atoms with van der Waals surface area (Å²) in [6, 6.07) is 5.44. The fraction of sp³-hybridized carbons (Fsp3) is 0.444. The fourth-order valence-corrected chi connectivity index (χ4v) is 5.11. The topological polar surface area (TPSA) is 25.8 Å². The van der Waals surface area contributed by atoms with Crippen molar-refractivity contribution in [2.75, 3.05) is 0 Å². The molecule has 124 valence electrons. The van der Waals surface area contributed by atoms with Crippen LogP contribution < -0.4 is 0 Å². The summed E-state index contributed by atoms with van der Waals surface area (Å²) in [5, 5.41) is 8.75. The van der Waals surface area contributed by atoms with Gasteiger partial charge >= 0.3 is 6.18 Å². The van der Waals surface area contributed by atoms with Crippen LogP contribution in [-0.4, -0.2) is 10.2 Å². The molecular formula is C18H14ClF3N2. The van der Waals surface area contributed by atoms with Crippen molar-refractivity contribution in [3.8, 4) is 11.3 Å². The van der Waals surface area contributed by atoms with Gasteiger partial charge in [-0.1, -0.05) is 11.6 Å². The van der Waals surface area contributed by atoms with Gasteiger partial charge in [0, 0.05) is 16.5 Å². The van der Waals surface area contributed by atoms with E-state index in [0.29, 0.717) is 17.3 Å². The number of fused-ring (bicyclic) bond motifs is 3. The summed E-state index contributed by atoms with van der Waals surface area (Å²) >= 11 is 5.94. The lowest BCUT2D eigenvalue weighted by molar-refractivity contribution is -0.137. The molecule has 0 amide bonds. The van der Waals surface area contributed by atoms with Crippen LogP contribution in [0.1, 0.15) is 54.3 Å². The number of nitrogens with zero attached hydrogens (tertiary/aromatic N) is 2. The van der Waals surface area contributed by atoms with Crippen molar-refractivity contribution in [3.63, 3.8) is 0 Å². The highest BCUT2D eigenvalue weighted by Gasteiger charge is 2.64. The van der Waals surface area contributed by atoms with Crippen molar-refractivity contribution in [1.82, 2.24) is 10.2 Å². The van der Waals surface area contributed by atoms with Gasteiger partial charge in [0.1, 0.15) is 0 Å². The molecule has 1 aromatic heterocycles. The number of rotatable bonds is 1. The molecule has 2 saturated carbocycles. The van der Waals surface area contributed by atoms with Crippen LogP contribution in [0.2, 0.25) is 5.02 Å². The summed E-state index contributed by atoms with van der Waals surface area (Å²) in [6.07, 6.45) is 0.219. The van der Waals surface area contributed by atoms with Crippen LogP contribution in [0.15, 0.2) is 24.3 Å². The third-order valence-electron chi connectivity index (χ3n) is 6.08. The van der Waals surface area contributed by atoms with Gasteiger partial charge in [0.25, 0.3) is 0 Å². The van der Waals surface area contributed by atoms with Crippen LogP contribution in [-0.2, 0) is 6.18 Å². The highest BCUT2D eigenvalue weighted by Crippen LogP contribution is 2.75. The molecular weight excluding hydrogens is 337 g/mol. The summed E-state index contributed by atoms with van der Waals surface area (Å²) in [4.78, 5) is 0. The summed E-state index contributed by atoms with van der Waals surface area (Å²) in [5.41, 5.74) is 2.04. The van der Waals surface area contributed by atoms with Crippen LogP contribution in [0.5, 0.6) is 0 Å². The molecule has 5 rings (SSSR count). The second-order valence-electron chi connectivity index (χ2n) is 7.17. The predicted molar refractivity (Wildman–Crippen MR) is 83.9 cm³/mol. The molecule has 2 fully saturated rings. The standard InChI is InChI=1S/C18H14ClF3N2/c19-9-1-2-13(18(20,21)22)10(7-9)15-8-11-12-3-4-14(16(11)24-23-15)17(12)5-6-17/h1-2,7-8,12,14H,3-6H2/t12-,14+/m1/s1. The molecule has 1 aromatic carbocycles. The minimum atomic E-state index is -4.45. The number of aromatic nitrogens is 2. The lowest BCUT2D eigenvalue weighted by Crippen LogP contribution is -2.09. The van der Waals surface area contributed by atoms with Gasteiger partial charge in [-0.3, -0.25) is 0 Å². The van der Waals surface area contributed by atoms with Crippen LogP contribution in [0, 0.1) is 5.41 Å². The van der Waals surface area contributed by atoms with Crippen LogP contribution >= 0.6 is 11.6 Å². The van der Waals surface area contributed by atoms with Gasteiger partial charge in [0.05, 0.1) is 17.0 Å². The van der Waals surface area contributed by atoms with Gasteiger partial charge in [0.2, 0.25) is 0 Å². The summed E-state index contributed by atoms with van der Waals surface area (Å²) in [7, 11) is 0. The first-order chi connectivity index (χ1) is 11.4. The lowest BCUT2D eigenvalue weighted by atomic mass is 9.91. The van der Waals surface area contributed by atoms with Crippen molar-refractivity contribution >= 4 is 11.6 Å². The smallest absolute Gasteiger partial charge is 0.166 e. The van der Waals surface area contributed by atoms with E-state index in [2.05, 4.69) is 10.2 Å². The second-order valence-corrected chi connectivity index (χ2v) is 7.61. The summed E-state index contributed by atoms with van der Waals surface area (Å²) < 4.78 is 40.0. The average molecular weight is 351 g/mol. The van der Waals surface area contributed by atoms with Gasteiger partial charge < -0.3 is 0 Å². The molecule has 0 unspecified atom stereocenters. The van der Waals surface area contributed by atoms with Gasteiger partial charge in [-0.2, -0.15) is 23.4 Å². The first-order valence-electron chi connectivity index (χ1n) is 8.15. The molecule has 2 atom stereocenters. The Morgan fingerprint density at radius 1 is 1.04 bits per heavy atom. The zero-order valence-electron chi connectivity index (χ0n) is 12.7. The number of alkyl halides is 3. The van der Waals surface area contributed by atoms with Crippen molar-refractivity contribution < 1.29 is 13.2 Å². The van der Waals surface area contributed by atoms with Gasteiger partial charge in [-0.05, 0) is 66.8 Å². The zero-order valence-corrected chi connectivity index (χ0v) is 13.5. The van der Waals surface area contributed by atoms with Crippen molar-refractivity contribution in [2.45, 2.75) is 43.7 Å². The van der Waals surface area contributed by atoms with E-state index in [1.807, 2.05) is 6.07 Å². The van der Waals surface area contributed by atoms with Gasteiger partial charge in [-0.25, -0.2) is 0 Å². The SMILES string of the molecule is FC(F)(F)c1ccc(Cl)cc1-c1cc2c(nn1)[C@@H]1CC[C@H]2C12CC2. The van der Waals surface area contributed by atoms with Gasteiger partial charge in [-0.15, -0.1) is 0 Å². The molecule has 24 heavy (non-hydrogen) atoms. The minimum absolute atomic E-state index is 0.0120. The molecule has 3 aliphatic rings. The van der Waals surface area contributed by atoms with Crippen LogP contribution in [0.25, 0.3) is 11.3 Å². The molecule has 0 N–H and O–H groups in total. The second kappa shape index (κ2) is 4.51. The summed E-state index contributed by atoms with van der Waals surface area (Å²) in [6.45, 7) is 0. The van der Waals surface area contributed by atoms with E-state index in [-0.39, 0.29) is 16.3 Å². The highest BCUT2D eigenvalue weighted by molar-refractivity contribution is 6.30. The highest BCUT2D eigenvalue weighted by atomic mass is 35.5. The molecule has 1 heterocycles. The number of hydrogen-bond acceptors (Lipinski definition) is 2. The molecule has 3 aliphatic carbocycles. The number of halogens is 4. The number of benzene rings is 1. The average Bonchev–Trinajstić information content (AvgIpc) is 3.18. The molecule has 6 heteroatoms. The zero-order chi connectivity index (χ0) is 16.7. The van der Waals surface area contributed by atoms with E-state index in [1.165, 1.54) is 25.0 Å². The van der Waals surface area contributed by atoms with Crippen LogP contribution in [0.3, 0.4) is 0 Å². The Labute approximate surface area is 142 Å². The van der Waals surface area contributed by atoms with Crippen LogP contribution in [0.4, 0.5) is 13.2 Å². The summed E-state index contributed by atoms with van der Waals surface area (Å²) in [5.74, 6) is 0.903. The normalized spacial score (nSPS) is 26.0. The van der Waals surface area contributed by atoms with E-state index in [9.17, 15) is 13.2 Å². The maximum atomic E-state index is 13.3. The van der Waals surface area contributed by atoms with E-state index < -0.39 is 11.7 Å². The lowest BCUT2D eigenvalue weighted by Gasteiger charge is -2.16.